The van der Waals surface area contributed by atoms with Gasteiger partial charge >= 0.3 is 0 Å². The minimum absolute atomic E-state index is 0.417. The molecule has 1 aliphatic rings. The van der Waals surface area contributed by atoms with Gasteiger partial charge in [0.2, 0.25) is 0 Å². The molecule has 2 heterocycles. The van der Waals surface area contributed by atoms with Crippen LogP contribution in [0.2, 0.25) is 0 Å². The molecule has 1 saturated heterocycles. The summed E-state index contributed by atoms with van der Waals surface area (Å²) in [6.45, 7) is 14.2. The van der Waals surface area contributed by atoms with Crippen molar-refractivity contribution in [3.05, 3.63) is 11.9 Å². The van der Waals surface area contributed by atoms with Gasteiger partial charge in [0, 0.05) is 35.7 Å². The molecule has 1 aromatic rings. The first-order valence-corrected chi connectivity index (χ1v) is 8.46. The fourth-order valence-corrected chi connectivity index (χ4v) is 4.15. The molecule has 0 aromatic carbocycles. The Balaban J connectivity index is 2.37. The van der Waals surface area contributed by atoms with E-state index in [1.807, 2.05) is 0 Å². The minimum atomic E-state index is 0.417. The van der Waals surface area contributed by atoms with Crippen molar-refractivity contribution < 1.29 is 0 Å². The van der Waals surface area contributed by atoms with E-state index in [1.54, 1.807) is 6.33 Å². The summed E-state index contributed by atoms with van der Waals surface area (Å²) in [5.74, 6) is 2.52. The van der Waals surface area contributed by atoms with E-state index in [-0.39, 0.29) is 0 Å². The average Bonchev–Trinajstić information content (AvgIpc) is 2.37. The van der Waals surface area contributed by atoms with Gasteiger partial charge in [-0.3, -0.25) is 0 Å². The van der Waals surface area contributed by atoms with Gasteiger partial charge in [0.25, 0.3) is 0 Å². The van der Waals surface area contributed by atoms with Crippen LogP contribution in [0.1, 0.15) is 46.1 Å². The van der Waals surface area contributed by atoms with Crippen molar-refractivity contribution in [3.63, 3.8) is 0 Å². The smallest absolute Gasteiger partial charge is 0.137 e. The summed E-state index contributed by atoms with van der Waals surface area (Å²) < 4.78 is 0. The van der Waals surface area contributed by atoms with E-state index in [1.165, 1.54) is 5.56 Å². The van der Waals surface area contributed by atoms with Gasteiger partial charge in [-0.2, -0.15) is 11.8 Å². The Morgan fingerprint density at radius 1 is 1.30 bits per heavy atom. The van der Waals surface area contributed by atoms with Crippen LogP contribution < -0.4 is 10.2 Å². The van der Waals surface area contributed by atoms with Gasteiger partial charge in [-0.25, -0.2) is 9.97 Å². The first-order chi connectivity index (χ1) is 9.52. The third-order valence-corrected chi connectivity index (χ3v) is 4.73. The van der Waals surface area contributed by atoms with Crippen LogP contribution in [0.5, 0.6) is 0 Å². The van der Waals surface area contributed by atoms with E-state index in [9.17, 15) is 0 Å². The largest absolute Gasteiger partial charge is 0.370 e. The Labute approximate surface area is 126 Å². The van der Waals surface area contributed by atoms with Crippen molar-refractivity contribution in [3.8, 4) is 0 Å². The fourth-order valence-electron chi connectivity index (χ4n) is 2.83. The zero-order valence-corrected chi connectivity index (χ0v) is 14.0. The lowest BCUT2D eigenvalue weighted by molar-refractivity contribution is 0.704. The molecule has 112 valence electrons. The molecule has 0 aliphatic carbocycles. The van der Waals surface area contributed by atoms with Gasteiger partial charge in [0.1, 0.15) is 18.0 Å². The lowest BCUT2D eigenvalue weighted by Crippen LogP contribution is -2.41. The van der Waals surface area contributed by atoms with E-state index in [4.69, 9.17) is 0 Å². The van der Waals surface area contributed by atoms with Crippen LogP contribution in [-0.2, 0) is 0 Å². The second kappa shape index (κ2) is 6.66. The third kappa shape index (κ3) is 3.37. The van der Waals surface area contributed by atoms with Crippen molar-refractivity contribution in [2.24, 2.45) is 0 Å². The topological polar surface area (TPSA) is 41.1 Å². The number of hydrogen-bond donors (Lipinski definition) is 1. The maximum Gasteiger partial charge on any atom is 0.137 e. The Hall–Kier alpha value is -0.970. The molecule has 1 aliphatic heterocycles. The maximum atomic E-state index is 4.60. The summed E-state index contributed by atoms with van der Waals surface area (Å²) in [5.41, 5.74) is 1.25. The molecule has 2 unspecified atom stereocenters. The van der Waals surface area contributed by atoms with Crippen molar-refractivity contribution in [1.82, 2.24) is 9.97 Å². The number of anilines is 2. The zero-order chi connectivity index (χ0) is 14.7. The Kier molecular flexibility index (Phi) is 5.13. The molecular formula is C15H26N4S. The molecule has 5 heteroatoms. The van der Waals surface area contributed by atoms with Gasteiger partial charge in [-0.1, -0.05) is 27.7 Å². The Bertz CT molecular complexity index is 439. The summed E-state index contributed by atoms with van der Waals surface area (Å²) in [5, 5.41) is 4.68. The van der Waals surface area contributed by atoms with Gasteiger partial charge in [-0.05, 0) is 12.8 Å². The molecule has 0 amide bonds. The third-order valence-electron chi connectivity index (χ3n) is 3.50. The van der Waals surface area contributed by atoms with Crippen LogP contribution in [0, 0.1) is 0 Å². The molecule has 2 rings (SSSR count). The van der Waals surface area contributed by atoms with Crippen LogP contribution in [-0.4, -0.2) is 40.1 Å². The molecule has 4 nitrogen and oxygen atoms in total. The predicted molar refractivity (Wildman–Crippen MR) is 89.0 cm³/mol. The second-order valence-electron chi connectivity index (χ2n) is 5.81. The molecule has 0 saturated carbocycles. The summed E-state index contributed by atoms with van der Waals surface area (Å²) >= 11 is 2.07. The highest BCUT2D eigenvalue weighted by Crippen LogP contribution is 2.34. The molecule has 0 bridgehead atoms. The van der Waals surface area contributed by atoms with E-state index < -0.39 is 0 Å². The predicted octanol–water partition coefficient (Wildman–Crippen LogP) is 3.36. The number of thioether (sulfide) groups is 1. The van der Waals surface area contributed by atoms with Crippen LogP contribution in [0.25, 0.3) is 0 Å². The number of rotatable bonds is 4. The van der Waals surface area contributed by atoms with Crippen molar-refractivity contribution in [2.45, 2.75) is 51.0 Å². The lowest BCUT2D eigenvalue weighted by atomic mass is 10.0. The molecule has 2 atom stereocenters. The van der Waals surface area contributed by atoms with E-state index in [0.29, 0.717) is 16.4 Å². The monoisotopic (exact) mass is 294 g/mol. The summed E-state index contributed by atoms with van der Waals surface area (Å²) in [6.07, 6.45) is 1.69. The van der Waals surface area contributed by atoms with Crippen LogP contribution in [0.3, 0.4) is 0 Å². The minimum Gasteiger partial charge on any atom is -0.370 e. The van der Waals surface area contributed by atoms with E-state index in [2.05, 4.69) is 66.6 Å². The van der Waals surface area contributed by atoms with Gasteiger partial charge in [0.05, 0.1) is 0 Å². The Morgan fingerprint density at radius 3 is 2.50 bits per heavy atom. The van der Waals surface area contributed by atoms with Gasteiger partial charge < -0.3 is 10.2 Å². The molecule has 20 heavy (non-hydrogen) atoms. The quantitative estimate of drug-likeness (QED) is 0.922. The Morgan fingerprint density at radius 2 is 1.95 bits per heavy atom. The molecule has 0 radical (unpaired) electrons. The van der Waals surface area contributed by atoms with Crippen molar-refractivity contribution >= 4 is 23.4 Å². The first-order valence-electron chi connectivity index (χ1n) is 7.52. The maximum absolute atomic E-state index is 4.60. The summed E-state index contributed by atoms with van der Waals surface area (Å²) in [7, 11) is 0. The molecule has 1 N–H and O–H groups in total. The normalized spacial score (nSPS) is 23.2. The van der Waals surface area contributed by atoms with Gasteiger partial charge in [0.15, 0.2) is 0 Å². The molecule has 1 aromatic heterocycles. The van der Waals surface area contributed by atoms with Crippen LogP contribution >= 0.6 is 11.8 Å². The zero-order valence-electron chi connectivity index (χ0n) is 13.2. The highest BCUT2D eigenvalue weighted by atomic mass is 32.2. The highest BCUT2D eigenvalue weighted by molar-refractivity contribution is 8.00. The van der Waals surface area contributed by atoms with Crippen molar-refractivity contribution in [1.29, 1.82) is 0 Å². The second-order valence-corrected chi connectivity index (χ2v) is 7.69. The first kappa shape index (κ1) is 15.4. The SMILES string of the molecule is CCNc1ncnc(N2CC(C)SC(C)C2)c1C(C)C. The average molecular weight is 294 g/mol. The number of hydrogen-bond acceptors (Lipinski definition) is 5. The standard InChI is InChI=1S/C15H26N4S/c1-6-16-14-13(10(2)3)15(18-9-17-14)19-7-11(4)20-12(5)8-19/h9-12H,6-8H2,1-5H3,(H,16,17,18). The highest BCUT2D eigenvalue weighted by Gasteiger charge is 2.26. The lowest BCUT2D eigenvalue weighted by Gasteiger charge is -2.37. The fraction of sp³-hybridized carbons (Fsp3) is 0.733. The van der Waals surface area contributed by atoms with Gasteiger partial charge in [-0.15, -0.1) is 0 Å². The van der Waals surface area contributed by atoms with Crippen LogP contribution in [0.4, 0.5) is 11.6 Å². The van der Waals surface area contributed by atoms with Crippen LogP contribution in [0.15, 0.2) is 6.33 Å². The molecule has 0 spiro atoms. The molecular weight excluding hydrogens is 268 g/mol. The molecule has 1 fully saturated rings. The number of nitrogens with one attached hydrogen (secondary N) is 1. The van der Waals surface area contributed by atoms with E-state index >= 15 is 0 Å². The summed E-state index contributed by atoms with van der Waals surface area (Å²) in [6, 6.07) is 0. The number of aromatic nitrogens is 2. The van der Waals surface area contributed by atoms with Crippen molar-refractivity contribution in [2.75, 3.05) is 29.9 Å². The number of nitrogens with zero attached hydrogens (tertiary/aromatic N) is 3. The summed E-state index contributed by atoms with van der Waals surface area (Å²) in [4.78, 5) is 11.5. The van der Waals surface area contributed by atoms with E-state index in [0.717, 1.165) is 31.3 Å².